The molecule has 2 amide bonds. The van der Waals surface area contributed by atoms with Gasteiger partial charge in [-0.1, -0.05) is 30.3 Å². The summed E-state index contributed by atoms with van der Waals surface area (Å²) in [7, 11) is 0. The lowest BCUT2D eigenvalue weighted by Gasteiger charge is -2.13. The van der Waals surface area contributed by atoms with Crippen LogP contribution in [0, 0.1) is 0 Å². The van der Waals surface area contributed by atoms with Crippen molar-refractivity contribution < 1.29 is 4.79 Å². The molecule has 1 rings (SSSR count). The first-order valence-corrected chi connectivity index (χ1v) is 4.53. The van der Waals surface area contributed by atoms with Crippen LogP contribution < -0.4 is 16.6 Å². The minimum atomic E-state index is -0.565. The van der Waals surface area contributed by atoms with Crippen LogP contribution in [0.25, 0.3) is 0 Å². The summed E-state index contributed by atoms with van der Waals surface area (Å²) < 4.78 is 0. The molecule has 1 aromatic rings. The van der Waals surface area contributed by atoms with Crippen molar-refractivity contribution in [2.75, 3.05) is 0 Å². The van der Waals surface area contributed by atoms with Crippen LogP contribution in [-0.2, 0) is 6.42 Å². The van der Waals surface area contributed by atoms with Gasteiger partial charge in [-0.2, -0.15) is 0 Å². The Morgan fingerprint density at radius 1 is 1.43 bits per heavy atom. The van der Waals surface area contributed by atoms with Crippen LogP contribution in [0.1, 0.15) is 12.5 Å². The number of primary amides is 1. The number of amides is 2. The summed E-state index contributed by atoms with van der Waals surface area (Å²) in [5, 5.41) is 0. The van der Waals surface area contributed by atoms with E-state index in [1.807, 2.05) is 37.3 Å². The number of rotatable bonds is 4. The number of urea groups is 1. The number of nitrogens with two attached hydrogens (primary N) is 1. The van der Waals surface area contributed by atoms with Gasteiger partial charge in [0.25, 0.3) is 0 Å². The van der Waals surface area contributed by atoms with Gasteiger partial charge in [0, 0.05) is 6.04 Å². The van der Waals surface area contributed by atoms with E-state index in [0.29, 0.717) is 0 Å². The topological polar surface area (TPSA) is 67.2 Å². The molecule has 14 heavy (non-hydrogen) atoms. The number of hydrogen-bond donors (Lipinski definition) is 3. The van der Waals surface area contributed by atoms with E-state index in [1.54, 1.807) is 0 Å². The third kappa shape index (κ3) is 3.91. The van der Waals surface area contributed by atoms with Gasteiger partial charge in [0.15, 0.2) is 0 Å². The van der Waals surface area contributed by atoms with Crippen molar-refractivity contribution >= 4 is 6.03 Å². The average Bonchev–Trinajstić information content (AvgIpc) is 2.16. The highest BCUT2D eigenvalue weighted by Gasteiger charge is 2.02. The highest BCUT2D eigenvalue weighted by atomic mass is 16.2. The van der Waals surface area contributed by atoms with Crippen LogP contribution in [0.2, 0.25) is 0 Å². The molecule has 0 spiro atoms. The van der Waals surface area contributed by atoms with Crippen molar-refractivity contribution in [3.63, 3.8) is 0 Å². The normalized spacial score (nSPS) is 12.1. The molecule has 4 N–H and O–H groups in total. The SMILES string of the molecule is CC(Cc1ccccc1)NNC(N)=O. The number of carbonyl (C=O) groups is 1. The quantitative estimate of drug-likeness (QED) is 0.619. The Bertz CT molecular complexity index is 287. The number of hydrazine groups is 1. The standard InChI is InChI=1S/C10H15N3O/c1-8(12-13-10(11)14)7-9-5-3-2-4-6-9/h2-6,8,12H,7H2,1H3,(H3,11,13,14). The average molecular weight is 193 g/mol. The zero-order valence-corrected chi connectivity index (χ0v) is 8.16. The lowest BCUT2D eigenvalue weighted by molar-refractivity contribution is 0.242. The van der Waals surface area contributed by atoms with E-state index in [2.05, 4.69) is 10.9 Å². The fourth-order valence-electron chi connectivity index (χ4n) is 1.21. The first-order chi connectivity index (χ1) is 6.68. The molecule has 0 heterocycles. The van der Waals surface area contributed by atoms with Gasteiger partial charge >= 0.3 is 6.03 Å². The minimum absolute atomic E-state index is 0.157. The van der Waals surface area contributed by atoms with E-state index in [0.717, 1.165) is 6.42 Å². The second-order valence-electron chi connectivity index (χ2n) is 3.22. The molecule has 0 fully saturated rings. The highest BCUT2D eigenvalue weighted by Crippen LogP contribution is 2.01. The molecule has 0 aliphatic rings. The van der Waals surface area contributed by atoms with Gasteiger partial charge in [-0.05, 0) is 18.9 Å². The Morgan fingerprint density at radius 3 is 2.64 bits per heavy atom. The molecule has 1 aromatic carbocycles. The lowest BCUT2D eigenvalue weighted by atomic mass is 10.1. The molecule has 4 heteroatoms. The van der Waals surface area contributed by atoms with Gasteiger partial charge in [0.05, 0.1) is 0 Å². The molecule has 0 saturated heterocycles. The maximum absolute atomic E-state index is 10.4. The van der Waals surface area contributed by atoms with E-state index in [-0.39, 0.29) is 6.04 Å². The molecule has 0 aromatic heterocycles. The van der Waals surface area contributed by atoms with Gasteiger partial charge in [-0.25, -0.2) is 10.2 Å². The molecular weight excluding hydrogens is 178 g/mol. The Balaban J connectivity index is 2.34. The smallest absolute Gasteiger partial charge is 0.326 e. The summed E-state index contributed by atoms with van der Waals surface area (Å²) in [6.45, 7) is 1.98. The molecule has 1 atom stereocenters. The maximum atomic E-state index is 10.4. The second kappa shape index (κ2) is 5.24. The van der Waals surface area contributed by atoms with E-state index in [1.165, 1.54) is 5.56 Å². The fraction of sp³-hybridized carbons (Fsp3) is 0.300. The number of carbonyl (C=O) groups excluding carboxylic acids is 1. The molecule has 0 radical (unpaired) electrons. The molecule has 0 aliphatic carbocycles. The van der Waals surface area contributed by atoms with Crippen molar-refractivity contribution in [3.05, 3.63) is 35.9 Å². The molecule has 0 saturated carbocycles. The van der Waals surface area contributed by atoms with Crippen LogP contribution in [-0.4, -0.2) is 12.1 Å². The maximum Gasteiger partial charge on any atom is 0.326 e. The third-order valence-corrected chi connectivity index (χ3v) is 1.83. The Morgan fingerprint density at radius 2 is 2.07 bits per heavy atom. The Kier molecular flexibility index (Phi) is 3.94. The zero-order valence-electron chi connectivity index (χ0n) is 8.16. The molecule has 4 nitrogen and oxygen atoms in total. The highest BCUT2D eigenvalue weighted by molar-refractivity contribution is 5.70. The van der Waals surface area contributed by atoms with E-state index in [4.69, 9.17) is 5.73 Å². The van der Waals surface area contributed by atoms with Gasteiger partial charge in [-0.3, -0.25) is 5.43 Å². The molecule has 76 valence electrons. The van der Waals surface area contributed by atoms with Crippen molar-refractivity contribution in [1.82, 2.24) is 10.9 Å². The number of hydrogen-bond acceptors (Lipinski definition) is 2. The van der Waals surface area contributed by atoms with Crippen LogP contribution in [0.15, 0.2) is 30.3 Å². The van der Waals surface area contributed by atoms with Crippen LogP contribution >= 0.6 is 0 Å². The summed E-state index contributed by atoms with van der Waals surface area (Å²) in [6.07, 6.45) is 0.848. The Labute approximate surface area is 83.5 Å². The Hall–Kier alpha value is -1.55. The van der Waals surface area contributed by atoms with Gasteiger partial charge < -0.3 is 5.73 Å². The molecule has 0 bridgehead atoms. The lowest BCUT2D eigenvalue weighted by Crippen LogP contribution is -2.46. The summed E-state index contributed by atoms with van der Waals surface area (Å²) in [5.41, 5.74) is 11.3. The predicted octanol–water partition coefficient (Wildman–Crippen LogP) is 0.791. The number of benzene rings is 1. The van der Waals surface area contributed by atoms with Crippen LogP contribution in [0.3, 0.4) is 0 Å². The molecule has 0 aliphatic heterocycles. The summed E-state index contributed by atoms with van der Waals surface area (Å²) in [4.78, 5) is 10.4. The first kappa shape index (κ1) is 10.5. The summed E-state index contributed by atoms with van der Waals surface area (Å²) >= 11 is 0. The minimum Gasteiger partial charge on any atom is -0.351 e. The third-order valence-electron chi connectivity index (χ3n) is 1.83. The van der Waals surface area contributed by atoms with E-state index < -0.39 is 6.03 Å². The zero-order chi connectivity index (χ0) is 10.4. The van der Waals surface area contributed by atoms with Crippen molar-refractivity contribution in [1.29, 1.82) is 0 Å². The predicted molar refractivity (Wildman–Crippen MR) is 55.5 cm³/mol. The molecular formula is C10H15N3O. The van der Waals surface area contributed by atoms with Crippen molar-refractivity contribution in [3.8, 4) is 0 Å². The van der Waals surface area contributed by atoms with E-state index in [9.17, 15) is 4.79 Å². The van der Waals surface area contributed by atoms with Gasteiger partial charge in [0.2, 0.25) is 0 Å². The van der Waals surface area contributed by atoms with Crippen molar-refractivity contribution in [2.45, 2.75) is 19.4 Å². The largest absolute Gasteiger partial charge is 0.351 e. The second-order valence-corrected chi connectivity index (χ2v) is 3.22. The monoisotopic (exact) mass is 193 g/mol. The van der Waals surface area contributed by atoms with Gasteiger partial charge in [0.1, 0.15) is 0 Å². The summed E-state index contributed by atoms with van der Waals surface area (Å²) in [6, 6.07) is 9.64. The van der Waals surface area contributed by atoms with Crippen LogP contribution in [0.5, 0.6) is 0 Å². The van der Waals surface area contributed by atoms with Crippen molar-refractivity contribution in [2.24, 2.45) is 5.73 Å². The van der Waals surface area contributed by atoms with E-state index >= 15 is 0 Å². The van der Waals surface area contributed by atoms with Gasteiger partial charge in [-0.15, -0.1) is 0 Å². The summed E-state index contributed by atoms with van der Waals surface area (Å²) in [5.74, 6) is 0. The number of nitrogens with one attached hydrogen (secondary N) is 2. The fourth-order valence-corrected chi connectivity index (χ4v) is 1.21. The van der Waals surface area contributed by atoms with Crippen LogP contribution in [0.4, 0.5) is 4.79 Å². The first-order valence-electron chi connectivity index (χ1n) is 4.53. The molecule has 1 unspecified atom stereocenters.